The molecule has 0 radical (unpaired) electrons. The van der Waals surface area contributed by atoms with Gasteiger partial charge in [-0.3, -0.25) is 0 Å². The van der Waals surface area contributed by atoms with Crippen LogP contribution in [0.5, 0.6) is 0 Å². The number of rotatable bonds is 16. The summed E-state index contributed by atoms with van der Waals surface area (Å²) in [5.74, 6) is 3.06. The molecule has 5 heteroatoms. The van der Waals surface area contributed by atoms with Gasteiger partial charge in [0.25, 0.3) is 0 Å². The molecule has 0 saturated heterocycles. The Hall–Kier alpha value is 0.723. The average Bonchev–Trinajstić information content (AvgIpc) is 2.69. The maximum Gasteiger partial charge on any atom is 4.00 e. The molecule has 0 heterocycles. The Morgan fingerprint density at radius 1 is 0.333 bits per heavy atom. The second kappa shape index (κ2) is 39.9. The standard InChI is InChI=1S/4C7H15O.Zr/c4*1-7(2)5-3-4-6-8;/h4*7H,3-6H2,1-2H3;/q4*-1;+4. The van der Waals surface area contributed by atoms with Crippen molar-refractivity contribution in [1.29, 1.82) is 0 Å². The van der Waals surface area contributed by atoms with Crippen molar-refractivity contribution < 1.29 is 46.6 Å². The molecule has 0 aromatic rings. The number of unbranched alkanes of at least 4 members (excludes halogenated alkanes) is 4. The van der Waals surface area contributed by atoms with Gasteiger partial charge in [-0.2, -0.15) is 0 Å². The van der Waals surface area contributed by atoms with E-state index in [1.165, 1.54) is 25.7 Å². The van der Waals surface area contributed by atoms with E-state index in [4.69, 9.17) is 0 Å². The van der Waals surface area contributed by atoms with Crippen LogP contribution < -0.4 is 20.4 Å². The molecule has 0 atom stereocenters. The fraction of sp³-hybridized carbons (Fsp3) is 1.00. The molecule has 0 aliphatic heterocycles. The first-order valence-corrected chi connectivity index (χ1v) is 13.4. The summed E-state index contributed by atoms with van der Waals surface area (Å²) in [4.78, 5) is 0. The fourth-order valence-electron chi connectivity index (χ4n) is 2.62. The van der Waals surface area contributed by atoms with E-state index in [2.05, 4.69) is 55.4 Å². The van der Waals surface area contributed by atoms with Crippen LogP contribution in [0.1, 0.15) is 132 Å². The van der Waals surface area contributed by atoms with Gasteiger partial charge in [0.2, 0.25) is 0 Å². The molecule has 0 fully saturated rings. The van der Waals surface area contributed by atoms with Gasteiger partial charge in [0.15, 0.2) is 0 Å². The van der Waals surface area contributed by atoms with E-state index in [9.17, 15) is 20.4 Å². The topological polar surface area (TPSA) is 92.2 Å². The van der Waals surface area contributed by atoms with E-state index in [-0.39, 0.29) is 52.6 Å². The van der Waals surface area contributed by atoms with Crippen molar-refractivity contribution in [1.82, 2.24) is 0 Å². The Morgan fingerprint density at radius 3 is 0.576 bits per heavy atom. The van der Waals surface area contributed by atoms with Crippen LogP contribution in [-0.4, -0.2) is 26.4 Å². The van der Waals surface area contributed by atoms with Crippen molar-refractivity contribution >= 4 is 0 Å². The Morgan fingerprint density at radius 2 is 0.485 bits per heavy atom. The van der Waals surface area contributed by atoms with Gasteiger partial charge in [-0.05, 0) is 23.7 Å². The summed E-state index contributed by atoms with van der Waals surface area (Å²) in [6, 6.07) is 0. The average molecular weight is 552 g/mol. The van der Waals surface area contributed by atoms with Crippen LogP contribution in [0.25, 0.3) is 0 Å². The van der Waals surface area contributed by atoms with E-state index in [1.807, 2.05) is 0 Å². The fourth-order valence-corrected chi connectivity index (χ4v) is 2.62. The van der Waals surface area contributed by atoms with Crippen molar-refractivity contribution in [2.75, 3.05) is 26.4 Å². The summed E-state index contributed by atoms with van der Waals surface area (Å²) < 4.78 is 0. The molecule has 0 amide bonds. The zero-order chi connectivity index (χ0) is 25.6. The quantitative estimate of drug-likeness (QED) is 0.260. The van der Waals surface area contributed by atoms with Crippen molar-refractivity contribution in [3.63, 3.8) is 0 Å². The van der Waals surface area contributed by atoms with Crippen LogP contribution in [0.15, 0.2) is 0 Å². The molecule has 0 spiro atoms. The van der Waals surface area contributed by atoms with Crippen LogP contribution in [0.3, 0.4) is 0 Å². The molecule has 33 heavy (non-hydrogen) atoms. The molecule has 0 saturated carbocycles. The first kappa shape index (κ1) is 43.8. The first-order chi connectivity index (χ1) is 15.1. The summed E-state index contributed by atoms with van der Waals surface area (Å²) in [5, 5.41) is 39.6. The minimum absolute atomic E-state index is 0. The van der Waals surface area contributed by atoms with Gasteiger partial charge < -0.3 is 20.4 Å². The van der Waals surface area contributed by atoms with Gasteiger partial charge in [0.05, 0.1) is 0 Å². The molecule has 0 aliphatic rings. The molecule has 0 aliphatic carbocycles. The van der Waals surface area contributed by atoms with Crippen LogP contribution in [0.4, 0.5) is 0 Å². The summed E-state index contributed by atoms with van der Waals surface area (Å²) in [5.41, 5.74) is 0. The van der Waals surface area contributed by atoms with Gasteiger partial charge in [-0.15, -0.1) is 26.4 Å². The van der Waals surface area contributed by atoms with Crippen LogP contribution in [0, 0.1) is 23.7 Å². The maximum absolute atomic E-state index is 9.91. The first-order valence-electron chi connectivity index (χ1n) is 13.4. The normalized spacial score (nSPS) is 10.2. The monoisotopic (exact) mass is 550 g/mol. The second-order valence-corrected chi connectivity index (χ2v) is 10.4. The van der Waals surface area contributed by atoms with E-state index < -0.39 is 0 Å². The minimum atomic E-state index is 0. The van der Waals surface area contributed by atoms with Gasteiger partial charge in [-0.1, -0.05) is 132 Å². The van der Waals surface area contributed by atoms with Gasteiger partial charge in [0, 0.05) is 0 Å². The van der Waals surface area contributed by atoms with Crippen molar-refractivity contribution in [3.05, 3.63) is 0 Å². The zero-order valence-corrected chi connectivity index (χ0v) is 26.2. The molecule has 0 N–H and O–H groups in total. The largest absolute Gasteiger partial charge is 4.00 e. The van der Waals surface area contributed by atoms with Gasteiger partial charge >= 0.3 is 26.2 Å². The Labute approximate surface area is 228 Å². The van der Waals surface area contributed by atoms with E-state index in [0.717, 1.165) is 75.0 Å². The Balaban J connectivity index is -0.000000105. The predicted octanol–water partition coefficient (Wildman–Crippen LogP) is 4.69. The summed E-state index contributed by atoms with van der Waals surface area (Å²) in [6.07, 6.45) is 12.7. The third kappa shape index (κ3) is 71.9. The molecule has 0 aromatic heterocycles. The zero-order valence-electron chi connectivity index (χ0n) is 23.8. The van der Waals surface area contributed by atoms with Gasteiger partial charge in [0.1, 0.15) is 0 Å². The maximum atomic E-state index is 9.91. The molecule has 200 valence electrons. The Bertz CT molecular complexity index is 229. The molecule has 0 unspecified atom stereocenters. The summed E-state index contributed by atoms with van der Waals surface area (Å²) >= 11 is 0. The number of hydrogen-bond acceptors (Lipinski definition) is 4. The van der Waals surface area contributed by atoms with E-state index >= 15 is 0 Å². The molecular formula is C28H60O4Zr. The van der Waals surface area contributed by atoms with Crippen LogP contribution in [0.2, 0.25) is 0 Å². The van der Waals surface area contributed by atoms with Gasteiger partial charge in [-0.25, -0.2) is 0 Å². The van der Waals surface area contributed by atoms with Crippen LogP contribution in [-0.2, 0) is 26.2 Å². The second-order valence-electron chi connectivity index (χ2n) is 10.4. The SMILES string of the molecule is CC(C)CCCC[O-].CC(C)CCCC[O-].CC(C)CCCC[O-].CC(C)CCCC[O-].[Zr+4]. The smallest absolute Gasteiger partial charge is 0.854 e. The van der Waals surface area contributed by atoms with E-state index in [1.54, 1.807) is 0 Å². The molecule has 0 aromatic carbocycles. The van der Waals surface area contributed by atoms with Crippen molar-refractivity contribution in [2.45, 2.75) is 132 Å². The molecule has 0 rings (SSSR count). The van der Waals surface area contributed by atoms with E-state index in [0.29, 0.717) is 0 Å². The summed E-state index contributed by atoms with van der Waals surface area (Å²) in [6.45, 7) is 17.9. The van der Waals surface area contributed by atoms with Crippen molar-refractivity contribution in [2.24, 2.45) is 23.7 Å². The minimum Gasteiger partial charge on any atom is -0.854 e. The summed E-state index contributed by atoms with van der Waals surface area (Å²) in [7, 11) is 0. The van der Waals surface area contributed by atoms with Crippen LogP contribution >= 0.6 is 0 Å². The third-order valence-corrected chi connectivity index (χ3v) is 4.70. The third-order valence-electron chi connectivity index (χ3n) is 4.70. The molecular weight excluding hydrogens is 492 g/mol. The molecule has 4 nitrogen and oxygen atoms in total. The Kier molecular flexibility index (Phi) is 52.9. The van der Waals surface area contributed by atoms with Crippen molar-refractivity contribution in [3.8, 4) is 0 Å². The number of hydrogen-bond donors (Lipinski definition) is 0. The predicted molar refractivity (Wildman–Crippen MR) is 134 cm³/mol. The molecule has 0 bridgehead atoms.